The molecule has 3 rings (SSSR count). The minimum Gasteiger partial charge on any atom is -0.303 e. The van der Waals surface area contributed by atoms with E-state index in [-0.39, 0.29) is 0 Å². The van der Waals surface area contributed by atoms with Gasteiger partial charge in [0.15, 0.2) is 0 Å². The summed E-state index contributed by atoms with van der Waals surface area (Å²) in [6.07, 6.45) is 1.12. The summed E-state index contributed by atoms with van der Waals surface area (Å²) in [5, 5.41) is 7.08. The zero-order valence-corrected chi connectivity index (χ0v) is 14.9. The Kier molecular flexibility index (Phi) is 4.66. The van der Waals surface area contributed by atoms with Gasteiger partial charge in [0, 0.05) is 42.7 Å². The molecule has 2 aromatic rings. The van der Waals surface area contributed by atoms with Crippen LogP contribution in [0.25, 0.3) is 0 Å². The summed E-state index contributed by atoms with van der Waals surface area (Å²) in [7, 11) is 4.24. The van der Waals surface area contributed by atoms with Crippen LogP contribution >= 0.6 is 11.3 Å². The van der Waals surface area contributed by atoms with Crippen molar-refractivity contribution in [2.24, 2.45) is 0 Å². The predicted molar refractivity (Wildman–Crippen MR) is 92.1 cm³/mol. The minimum atomic E-state index is 0.423. The van der Waals surface area contributed by atoms with Crippen molar-refractivity contribution in [1.29, 1.82) is 0 Å². The summed E-state index contributed by atoms with van der Waals surface area (Å²) in [5.41, 5.74) is 4.18. The van der Waals surface area contributed by atoms with Crippen LogP contribution in [-0.4, -0.2) is 40.2 Å². The normalized spacial score (nSPS) is 15.7. The average molecular weight is 318 g/mol. The van der Waals surface area contributed by atoms with Gasteiger partial charge >= 0.3 is 0 Å². The zero-order valence-electron chi connectivity index (χ0n) is 14.0. The summed E-state index contributed by atoms with van der Waals surface area (Å²) >= 11 is 1.85. The summed E-state index contributed by atoms with van der Waals surface area (Å²) in [4.78, 5) is 6.21. The Morgan fingerprint density at radius 1 is 1.36 bits per heavy atom. The van der Waals surface area contributed by atoms with Gasteiger partial charge in [0.25, 0.3) is 0 Å². The van der Waals surface area contributed by atoms with Crippen molar-refractivity contribution < 1.29 is 0 Å². The molecule has 0 spiro atoms. The van der Waals surface area contributed by atoms with Gasteiger partial charge in [-0.2, -0.15) is 5.10 Å². The molecule has 0 aliphatic carbocycles. The van der Waals surface area contributed by atoms with E-state index in [9.17, 15) is 0 Å². The molecule has 0 saturated carbocycles. The Bertz CT molecular complexity index is 613. The van der Waals surface area contributed by atoms with E-state index < -0.39 is 0 Å². The van der Waals surface area contributed by atoms with E-state index in [1.165, 1.54) is 21.8 Å². The maximum atomic E-state index is 4.91. The van der Waals surface area contributed by atoms with Crippen LogP contribution in [0.1, 0.15) is 41.7 Å². The summed E-state index contributed by atoms with van der Waals surface area (Å²) in [5.74, 6) is 0. The second kappa shape index (κ2) is 6.52. The maximum absolute atomic E-state index is 4.91. The van der Waals surface area contributed by atoms with Crippen molar-refractivity contribution >= 4 is 11.3 Å². The van der Waals surface area contributed by atoms with Crippen LogP contribution in [0.3, 0.4) is 0 Å². The lowest BCUT2D eigenvalue weighted by Gasteiger charge is -2.28. The lowest BCUT2D eigenvalue weighted by Crippen LogP contribution is -2.31. The fraction of sp³-hybridized carbons (Fsp3) is 0.588. The third kappa shape index (κ3) is 3.26. The molecule has 5 heteroatoms. The van der Waals surface area contributed by atoms with Gasteiger partial charge < -0.3 is 4.90 Å². The molecular formula is C17H26N4S. The van der Waals surface area contributed by atoms with Crippen molar-refractivity contribution in [1.82, 2.24) is 19.6 Å². The van der Waals surface area contributed by atoms with Crippen molar-refractivity contribution in [3.63, 3.8) is 0 Å². The molecule has 0 unspecified atom stereocenters. The van der Waals surface area contributed by atoms with Crippen LogP contribution in [0.2, 0.25) is 0 Å². The van der Waals surface area contributed by atoms with Gasteiger partial charge in [0.1, 0.15) is 0 Å². The summed E-state index contributed by atoms with van der Waals surface area (Å²) in [6.45, 7) is 8.60. The standard InChI is InChI=1S/C17H26N4S/c1-13(2)21-17-12-20(10-14-6-5-9-22-14)8-7-15(17)16(18-21)11-19(3)4/h5-6,9,13H,7-8,10-12H2,1-4H3. The smallest absolute Gasteiger partial charge is 0.0800 e. The topological polar surface area (TPSA) is 24.3 Å². The highest BCUT2D eigenvalue weighted by molar-refractivity contribution is 7.09. The highest BCUT2D eigenvalue weighted by atomic mass is 32.1. The fourth-order valence-electron chi connectivity index (χ4n) is 3.18. The predicted octanol–water partition coefficient (Wildman–Crippen LogP) is 3.15. The molecule has 0 aromatic carbocycles. The van der Waals surface area contributed by atoms with E-state index in [1.807, 2.05) is 11.3 Å². The number of rotatable bonds is 5. The number of hydrogen-bond acceptors (Lipinski definition) is 4. The molecule has 3 heterocycles. The first-order chi connectivity index (χ1) is 10.5. The van der Waals surface area contributed by atoms with Crippen LogP contribution in [0.5, 0.6) is 0 Å². The van der Waals surface area contributed by atoms with Crippen LogP contribution in [-0.2, 0) is 26.1 Å². The van der Waals surface area contributed by atoms with Gasteiger partial charge in [0.2, 0.25) is 0 Å². The molecule has 1 aliphatic rings. The highest BCUT2D eigenvalue weighted by Gasteiger charge is 2.26. The lowest BCUT2D eigenvalue weighted by atomic mass is 10.0. The molecule has 1 aliphatic heterocycles. The number of thiophene rings is 1. The molecule has 0 fully saturated rings. The summed E-state index contributed by atoms with van der Waals surface area (Å²) in [6, 6.07) is 4.80. The first kappa shape index (κ1) is 15.7. The minimum absolute atomic E-state index is 0.423. The van der Waals surface area contributed by atoms with Crippen LogP contribution in [0.4, 0.5) is 0 Å². The van der Waals surface area contributed by atoms with Gasteiger partial charge in [0.05, 0.1) is 11.4 Å². The van der Waals surface area contributed by atoms with Crippen molar-refractivity contribution in [3.05, 3.63) is 39.3 Å². The van der Waals surface area contributed by atoms with Crippen LogP contribution < -0.4 is 0 Å². The Labute approximate surface area is 137 Å². The maximum Gasteiger partial charge on any atom is 0.0800 e. The van der Waals surface area contributed by atoms with Gasteiger partial charge in [-0.25, -0.2) is 0 Å². The van der Waals surface area contributed by atoms with Gasteiger partial charge in [-0.1, -0.05) is 6.07 Å². The quantitative estimate of drug-likeness (QED) is 0.846. The van der Waals surface area contributed by atoms with E-state index in [1.54, 1.807) is 0 Å². The Morgan fingerprint density at radius 2 is 2.18 bits per heavy atom. The van der Waals surface area contributed by atoms with Gasteiger partial charge in [-0.05, 0) is 45.8 Å². The third-order valence-electron chi connectivity index (χ3n) is 4.17. The molecule has 0 amide bonds. The van der Waals surface area contributed by atoms with E-state index in [4.69, 9.17) is 5.10 Å². The van der Waals surface area contributed by atoms with Gasteiger partial charge in [-0.3, -0.25) is 9.58 Å². The van der Waals surface area contributed by atoms with Crippen LogP contribution in [0, 0.1) is 0 Å². The number of fused-ring (bicyclic) bond motifs is 1. The largest absolute Gasteiger partial charge is 0.303 e. The monoisotopic (exact) mass is 318 g/mol. The summed E-state index contributed by atoms with van der Waals surface area (Å²) < 4.78 is 2.24. The molecule has 0 N–H and O–H groups in total. The Balaban J connectivity index is 1.83. The fourth-order valence-corrected chi connectivity index (χ4v) is 3.93. The average Bonchev–Trinajstić information content (AvgIpc) is 3.06. The Morgan fingerprint density at radius 3 is 2.82 bits per heavy atom. The van der Waals surface area contributed by atoms with Crippen molar-refractivity contribution in [2.45, 2.75) is 45.9 Å². The number of nitrogens with zero attached hydrogens (tertiary/aromatic N) is 4. The number of hydrogen-bond donors (Lipinski definition) is 0. The zero-order chi connectivity index (χ0) is 15.7. The molecule has 120 valence electrons. The lowest BCUT2D eigenvalue weighted by molar-refractivity contribution is 0.236. The van der Waals surface area contributed by atoms with Crippen molar-refractivity contribution in [2.75, 3.05) is 20.6 Å². The van der Waals surface area contributed by atoms with E-state index >= 15 is 0 Å². The Hall–Kier alpha value is -1.17. The SMILES string of the molecule is CC(C)n1nc(CN(C)C)c2c1CN(Cc1cccs1)CC2. The van der Waals surface area contributed by atoms with Crippen LogP contribution in [0.15, 0.2) is 17.5 Å². The molecular weight excluding hydrogens is 292 g/mol. The molecule has 0 bridgehead atoms. The third-order valence-corrected chi connectivity index (χ3v) is 5.03. The molecule has 0 radical (unpaired) electrons. The van der Waals surface area contributed by atoms with E-state index in [2.05, 4.69) is 59.9 Å². The second-order valence-electron chi connectivity index (χ2n) is 6.69. The highest BCUT2D eigenvalue weighted by Crippen LogP contribution is 2.27. The van der Waals surface area contributed by atoms with Gasteiger partial charge in [-0.15, -0.1) is 11.3 Å². The first-order valence-corrected chi connectivity index (χ1v) is 8.91. The molecule has 0 saturated heterocycles. The molecule has 0 atom stereocenters. The first-order valence-electron chi connectivity index (χ1n) is 8.03. The van der Waals surface area contributed by atoms with E-state index in [0.717, 1.165) is 32.6 Å². The second-order valence-corrected chi connectivity index (χ2v) is 7.72. The van der Waals surface area contributed by atoms with E-state index in [0.29, 0.717) is 6.04 Å². The molecule has 4 nitrogen and oxygen atoms in total. The number of aromatic nitrogens is 2. The molecule has 2 aromatic heterocycles. The molecule has 22 heavy (non-hydrogen) atoms. The van der Waals surface area contributed by atoms with Crippen molar-refractivity contribution in [3.8, 4) is 0 Å².